The van der Waals surface area contributed by atoms with Crippen molar-refractivity contribution in [1.82, 2.24) is 0 Å². The number of unbranched alkanes of at least 4 members (excludes halogenated alkanes) is 2. The van der Waals surface area contributed by atoms with Gasteiger partial charge in [0.15, 0.2) is 0 Å². The number of thiol groups is 1. The van der Waals surface area contributed by atoms with Crippen LogP contribution in [0, 0.1) is 5.92 Å². The van der Waals surface area contributed by atoms with E-state index in [4.69, 9.17) is 5.11 Å². The van der Waals surface area contributed by atoms with Crippen LogP contribution in [-0.2, 0) is 4.79 Å². The topological polar surface area (TPSA) is 37.3 Å². The fraction of sp³-hybridized carbons (Fsp3) is 0.909. The first-order valence-electron chi connectivity index (χ1n) is 5.42. The van der Waals surface area contributed by atoms with Crippen molar-refractivity contribution in [2.45, 2.75) is 57.6 Å². The van der Waals surface area contributed by atoms with Crippen LogP contribution in [0.5, 0.6) is 0 Å². The van der Waals surface area contributed by atoms with Gasteiger partial charge in [-0.3, -0.25) is 4.79 Å². The van der Waals surface area contributed by atoms with E-state index in [0.717, 1.165) is 19.3 Å². The van der Waals surface area contributed by atoms with Crippen molar-refractivity contribution < 1.29 is 9.90 Å². The highest BCUT2D eigenvalue weighted by molar-refractivity contribution is 7.82. The van der Waals surface area contributed by atoms with Gasteiger partial charge in [-0.05, 0) is 19.3 Å². The predicted octanol–water partition coefficient (Wildman–Crippen LogP) is 3.37. The minimum Gasteiger partial charge on any atom is -0.480 e. The van der Waals surface area contributed by atoms with E-state index < -0.39 is 10.7 Å². The first kappa shape index (κ1) is 13.8. The highest BCUT2D eigenvalue weighted by atomic mass is 32.1. The summed E-state index contributed by atoms with van der Waals surface area (Å²) in [6.07, 6.45) is 5.32. The van der Waals surface area contributed by atoms with Gasteiger partial charge in [-0.25, -0.2) is 0 Å². The van der Waals surface area contributed by atoms with Gasteiger partial charge in [0.2, 0.25) is 0 Å². The van der Waals surface area contributed by atoms with E-state index in [1.54, 1.807) is 6.92 Å². The van der Waals surface area contributed by atoms with E-state index in [2.05, 4.69) is 19.6 Å². The molecule has 0 amide bonds. The molecule has 2 atom stereocenters. The second-order valence-electron chi connectivity index (χ2n) is 4.05. The van der Waals surface area contributed by atoms with E-state index in [-0.39, 0.29) is 5.92 Å². The molecule has 0 saturated heterocycles. The van der Waals surface area contributed by atoms with Crippen molar-refractivity contribution in [3.8, 4) is 0 Å². The molecule has 1 N–H and O–H groups in total. The Bertz CT molecular complexity index is 178. The van der Waals surface area contributed by atoms with Gasteiger partial charge in [-0.2, -0.15) is 12.6 Å². The highest BCUT2D eigenvalue weighted by Crippen LogP contribution is 2.31. The van der Waals surface area contributed by atoms with E-state index in [0.29, 0.717) is 0 Å². The average Bonchev–Trinajstić information content (AvgIpc) is 2.12. The van der Waals surface area contributed by atoms with Crippen LogP contribution in [0.1, 0.15) is 52.9 Å². The summed E-state index contributed by atoms with van der Waals surface area (Å²) in [6.45, 7) is 5.89. The SMILES string of the molecule is CCCCCC(CC)C(C)(S)C(=O)O. The van der Waals surface area contributed by atoms with Crippen LogP contribution in [0.4, 0.5) is 0 Å². The Morgan fingerprint density at radius 1 is 1.43 bits per heavy atom. The Labute approximate surface area is 92.5 Å². The van der Waals surface area contributed by atoms with Crippen molar-refractivity contribution >= 4 is 18.6 Å². The number of hydrogen-bond donors (Lipinski definition) is 2. The number of carbonyl (C=O) groups is 1. The second kappa shape index (κ2) is 6.33. The maximum atomic E-state index is 11.0. The molecule has 0 aromatic carbocycles. The largest absolute Gasteiger partial charge is 0.480 e. The maximum Gasteiger partial charge on any atom is 0.319 e. The molecule has 0 spiro atoms. The number of aliphatic carboxylic acids is 1. The number of carboxylic acid groups (broad SMARTS) is 1. The van der Waals surface area contributed by atoms with Crippen molar-refractivity contribution in [2.75, 3.05) is 0 Å². The summed E-state index contributed by atoms with van der Waals surface area (Å²) in [5.41, 5.74) is 0. The third-order valence-corrected chi connectivity index (χ3v) is 3.43. The van der Waals surface area contributed by atoms with Crippen LogP contribution in [0.15, 0.2) is 0 Å². The second-order valence-corrected chi connectivity index (χ2v) is 4.98. The minimum atomic E-state index is -0.873. The molecule has 0 aliphatic heterocycles. The molecule has 0 saturated carbocycles. The Kier molecular flexibility index (Phi) is 6.25. The lowest BCUT2D eigenvalue weighted by molar-refractivity contribution is -0.141. The van der Waals surface area contributed by atoms with Gasteiger partial charge in [0, 0.05) is 0 Å². The lowest BCUT2D eigenvalue weighted by Gasteiger charge is -2.28. The summed E-state index contributed by atoms with van der Waals surface area (Å²) < 4.78 is -0.873. The van der Waals surface area contributed by atoms with E-state index in [1.165, 1.54) is 12.8 Å². The lowest BCUT2D eigenvalue weighted by Crippen LogP contribution is -2.37. The highest BCUT2D eigenvalue weighted by Gasteiger charge is 2.36. The summed E-state index contributed by atoms with van der Waals surface area (Å²) in [6, 6.07) is 0. The minimum absolute atomic E-state index is 0.176. The molecule has 0 fully saturated rings. The molecule has 0 aromatic heterocycles. The van der Waals surface area contributed by atoms with Crippen LogP contribution in [0.2, 0.25) is 0 Å². The first-order valence-corrected chi connectivity index (χ1v) is 5.87. The molecular formula is C11H22O2S. The van der Waals surface area contributed by atoms with Crippen molar-refractivity contribution in [3.63, 3.8) is 0 Å². The molecule has 84 valence electrons. The smallest absolute Gasteiger partial charge is 0.319 e. The Morgan fingerprint density at radius 2 is 2.00 bits per heavy atom. The molecule has 3 heteroatoms. The van der Waals surface area contributed by atoms with Crippen LogP contribution in [0.25, 0.3) is 0 Å². The third-order valence-electron chi connectivity index (χ3n) is 2.88. The molecule has 14 heavy (non-hydrogen) atoms. The quantitative estimate of drug-likeness (QED) is 0.508. The summed E-state index contributed by atoms with van der Waals surface area (Å²) in [4.78, 5) is 11.0. The number of hydrogen-bond acceptors (Lipinski definition) is 2. The van der Waals surface area contributed by atoms with E-state index >= 15 is 0 Å². The molecular weight excluding hydrogens is 196 g/mol. The number of carboxylic acids is 1. The lowest BCUT2D eigenvalue weighted by atomic mass is 9.86. The van der Waals surface area contributed by atoms with E-state index in [9.17, 15) is 4.79 Å². The molecule has 0 rings (SSSR count). The summed E-state index contributed by atoms with van der Waals surface area (Å²) in [5, 5.41) is 9.02. The van der Waals surface area contributed by atoms with Crippen molar-refractivity contribution in [2.24, 2.45) is 5.92 Å². The van der Waals surface area contributed by atoms with Crippen molar-refractivity contribution in [1.29, 1.82) is 0 Å². The number of rotatable bonds is 7. The molecule has 2 unspecified atom stereocenters. The van der Waals surface area contributed by atoms with Gasteiger partial charge in [0.05, 0.1) is 0 Å². The fourth-order valence-corrected chi connectivity index (χ4v) is 2.01. The molecule has 0 aromatic rings. The molecule has 2 nitrogen and oxygen atoms in total. The van der Waals surface area contributed by atoms with E-state index in [1.807, 2.05) is 6.92 Å². The van der Waals surface area contributed by atoms with Gasteiger partial charge in [0.1, 0.15) is 4.75 Å². The average molecular weight is 218 g/mol. The zero-order valence-electron chi connectivity index (χ0n) is 9.42. The molecule has 0 heterocycles. The van der Waals surface area contributed by atoms with Gasteiger partial charge >= 0.3 is 5.97 Å². The van der Waals surface area contributed by atoms with Gasteiger partial charge < -0.3 is 5.11 Å². The standard InChI is InChI=1S/C11H22O2S/c1-4-6-7-8-9(5-2)11(3,14)10(12)13/h9,14H,4-8H2,1-3H3,(H,12,13). The summed E-state index contributed by atoms with van der Waals surface area (Å²) >= 11 is 4.26. The summed E-state index contributed by atoms with van der Waals surface area (Å²) in [7, 11) is 0. The Morgan fingerprint density at radius 3 is 2.36 bits per heavy atom. The third kappa shape index (κ3) is 3.91. The zero-order valence-corrected chi connectivity index (χ0v) is 10.3. The van der Waals surface area contributed by atoms with Gasteiger partial charge in [-0.1, -0.05) is 39.5 Å². The Hall–Kier alpha value is -0.180. The summed E-state index contributed by atoms with van der Waals surface area (Å²) in [5.74, 6) is -0.626. The predicted molar refractivity (Wildman–Crippen MR) is 62.9 cm³/mol. The first-order chi connectivity index (χ1) is 6.46. The maximum absolute atomic E-state index is 11.0. The van der Waals surface area contributed by atoms with Crippen LogP contribution >= 0.6 is 12.6 Å². The Balaban J connectivity index is 4.18. The van der Waals surface area contributed by atoms with Gasteiger partial charge in [0.25, 0.3) is 0 Å². The molecule has 0 radical (unpaired) electrons. The molecule has 0 aliphatic rings. The van der Waals surface area contributed by atoms with Crippen LogP contribution < -0.4 is 0 Å². The molecule has 0 aliphatic carbocycles. The van der Waals surface area contributed by atoms with Crippen LogP contribution in [-0.4, -0.2) is 15.8 Å². The van der Waals surface area contributed by atoms with Crippen molar-refractivity contribution in [3.05, 3.63) is 0 Å². The molecule has 0 bridgehead atoms. The van der Waals surface area contributed by atoms with Gasteiger partial charge in [-0.15, -0.1) is 0 Å². The monoisotopic (exact) mass is 218 g/mol. The fourth-order valence-electron chi connectivity index (χ4n) is 1.70. The normalized spacial score (nSPS) is 17.4. The zero-order chi connectivity index (χ0) is 11.2. The van der Waals surface area contributed by atoms with Crippen LogP contribution in [0.3, 0.4) is 0 Å².